The summed E-state index contributed by atoms with van der Waals surface area (Å²) in [6.07, 6.45) is 1.57. The summed E-state index contributed by atoms with van der Waals surface area (Å²) in [5, 5.41) is 4.77. The molecule has 2 aromatic carbocycles. The summed E-state index contributed by atoms with van der Waals surface area (Å²) in [6, 6.07) is 10.6. The van der Waals surface area contributed by atoms with Gasteiger partial charge in [-0.15, -0.1) is 0 Å². The van der Waals surface area contributed by atoms with Crippen molar-refractivity contribution in [2.24, 2.45) is 5.10 Å². The zero-order valence-electron chi connectivity index (χ0n) is 13.9. The first-order valence-electron chi connectivity index (χ1n) is 7.56. The molecule has 0 bridgehead atoms. The van der Waals surface area contributed by atoms with Gasteiger partial charge < -0.3 is 4.74 Å². The quantitative estimate of drug-likeness (QED) is 0.225. The molecule has 0 saturated carbocycles. The third-order valence-electron chi connectivity index (χ3n) is 3.50. The smallest absolute Gasteiger partial charge is 0.308 e. The van der Waals surface area contributed by atoms with Gasteiger partial charge in [-0.1, -0.05) is 15.9 Å². The van der Waals surface area contributed by atoms with E-state index in [9.17, 15) is 9.59 Å². The molecular formula is C18H13BrIN3O3. The van der Waals surface area contributed by atoms with E-state index in [1.807, 2.05) is 12.1 Å². The summed E-state index contributed by atoms with van der Waals surface area (Å²) in [6.45, 7) is 3.08. The number of fused-ring (bicyclic) bond motifs is 1. The van der Waals surface area contributed by atoms with Crippen LogP contribution >= 0.6 is 38.5 Å². The molecule has 0 radical (unpaired) electrons. The number of aryl methyl sites for hydroxylation is 1. The highest BCUT2D eigenvalue weighted by Gasteiger charge is 2.08. The molecule has 1 aromatic heterocycles. The van der Waals surface area contributed by atoms with Gasteiger partial charge in [0, 0.05) is 11.4 Å². The second-order valence-corrected chi connectivity index (χ2v) is 7.54. The van der Waals surface area contributed by atoms with E-state index in [-0.39, 0.29) is 11.5 Å². The van der Waals surface area contributed by atoms with Crippen molar-refractivity contribution < 1.29 is 9.53 Å². The van der Waals surface area contributed by atoms with Gasteiger partial charge in [-0.05, 0) is 71.5 Å². The number of halogens is 2. The Hall–Kier alpha value is -2.07. The lowest BCUT2D eigenvalue weighted by atomic mass is 10.2. The lowest BCUT2D eigenvalue weighted by Gasteiger charge is -2.06. The van der Waals surface area contributed by atoms with Gasteiger partial charge in [0.1, 0.15) is 11.6 Å². The second-order valence-electron chi connectivity index (χ2n) is 5.47. The van der Waals surface area contributed by atoms with Crippen LogP contribution < -0.4 is 10.3 Å². The first-order chi connectivity index (χ1) is 12.3. The number of aromatic nitrogens is 2. The maximum Gasteiger partial charge on any atom is 0.308 e. The highest BCUT2D eigenvalue weighted by Crippen LogP contribution is 2.22. The fourth-order valence-electron chi connectivity index (χ4n) is 2.36. The summed E-state index contributed by atoms with van der Waals surface area (Å²) in [4.78, 5) is 28.2. The van der Waals surface area contributed by atoms with Crippen molar-refractivity contribution in [3.05, 3.63) is 66.2 Å². The average molecular weight is 526 g/mol. The van der Waals surface area contributed by atoms with Gasteiger partial charge in [-0.3, -0.25) is 9.59 Å². The van der Waals surface area contributed by atoms with Crippen molar-refractivity contribution in [3.63, 3.8) is 0 Å². The van der Waals surface area contributed by atoms with Crippen LogP contribution in [0.4, 0.5) is 0 Å². The van der Waals surface area contributed by atoms with E-state index in [0.29, 0.717) is 22.5 Å². The van der Waals surface area contributed by atoms with Crippen LogP contribution in [0.3, 0.4) is 0 Å². The van der Waals surface area contributed by atoms with Crippen molar-refractivity contribution in [2.45, 2.75) is 13.8 Å². The predicted molar refractivity (Wildman–Crippen MR) is 112 cm³/mol. The van der Waals surface area contributed by atoms with E-state index in [4.69, 9.17) is 4.74 Å². The van der Waals surface area contributed by atoms with Gasteiger partial charge in [0.2, 0.25) is 0 Å². The van der Waals surface area contributed by atoms with Crippen molar-refractivity contribution in [3.8, 4) is 5.75 Å². The molecule has 132 valence electrons. The molecule has 0 aliphatic carbocycles. The number of carbonyl (C=O) groups excluding carboxylic acids is 1. The van der Waals surface area contributed by atoms with E-state index < -0.39 is 0 Å². The maximum atomic E-state index is 12.7. The van der Waals surface area contributed by atoms with E-state index in [1.165, 1.54) is 11.6 Å². The first-order valence-corrected chi connectivity index (χ1v) is 9.43. The Labute approximate surface area is 171 Å². The number of ether oxygens (including phenoxy) is 1. The largest absolute Gasteiger partial charge is 0.426 e. The second kappa shape index (κ2) is 7.67. The normalized spacial score (nSPS) is 11.2. The maximum absolute atomic E-state index is 12.7. The van der Waals surface area contributed by atoms with E-state index >= 15 is 0 Å². The number of rotatable bonds is 3. The molecule has 6 nitrogen and oxygen atoms in total. The molecule has 3 aromatic rings. The highest BCUT2D eigenvalue weighted by molar-refractivity contribution is 14.1. The highest BCUT2D eigenvalue weighted by atomic mass is 127. The van der Waals surface area contributed by atoms with Crippen LogP contribution in [-0.4, -0.2) is 21.8 Å². The van der Waals surface area contributed by atoms with Gasteiger partial charge in [0.05, 0.1) is 20.7 Å². The topological polar surface area (TPSA) is 73.5 Å². The molecule has 1 heterocycles. The van der Waals surface area contributed by atoms with Crippen LogP contribution in [0, 0.1) is 10.5 Å². The number of hydrogen-bond acceptors (Lipinski definition) is 5. The van der Waals surface area contributed by atoms with Crippen molar-refractivity contribution in [2.75, 3.05) is 0 Å². The summed E-state index contributed by atoms with van der Waals surface area (Å²) in [5.41, 5.74) is 1.16. The zero-order valence-corrected chi connectivity index (χ0v) is 17.6. The summed E-state index contributed by atoms with van der Waals surface area (Å²) in [7, 11) is 0. The fourth-order valence-corrected chi connectivity index (χ4v) is 3.37. The Bertz CT molecular complexity index is 1110. The molecule has 3 rings (SSSR count). The summed E-state index contributed by atoms with van der Waals surface area (Å²) < 4.78 is 7.94. The Kier molecular flexibility index (Phi) is 5.52. The number of hydrogen-bond donors (Lipinski definition) is 0. The molecule has 26 heavy (non-hydrogen) atoms. The number of carbonyl (C=O) groups is 1. The minimum atomic E-state index is -0.375. The fraction of sp³-hybridized carbons (Fsp3) is 0.111. The van der Waals surface area contributed by atoms with Crippen LogP contribution in [0.1, 0.15) is 18.3 Å². The van der Waals surface area contributed by atoms with Crippen molar-refractivity contribution in [1.29, 1.82) is 0 Å². The third-order valence-corrected chi connectivity index (χ3v) is 4.84. The molecule has 0 atom stereocenters. The molecule has 0 spiro atoms. The Morgan fingerprint density at radius 1 is 1.31 bits per heavy atom. The monoisotopic (exact) mass is 525 g/mol. The average Bonchev–Trinajstić information content (AvgIpc) is 2.57. The Morgan fingerprint density at radius 3 is 2.77 bits per heavy atom. The standard InChI is InChI=1S/C18H13BrIN3O3/c1-10-22-16-5-4-13(19)8-14(16)18(25)23(10)21-9-12-3-6-17(15(20)7-12)26-11(2)24/h3-9H,1-2H3. The van der Waals surface area contributed by atoms with Crippen LogP contribution in [0.15, 0.2) is 50.8 Å². The van der Waals surface area contributed by atoms with E-state index in [1.54, 1.807) is 37.4 Å². The minimum absolute atomic E-state index is 0.240. The SMILES string of the molecule is CC(=O)Oc1ccc(C=Nn2c(C)nc3ccc(Br)cc3c2=O)cc1I. The molecule has 0 aliphatic heterocycles. The van der Waals surface area contributed by atoms with Gasteiger partial charge in [0.15, 0.2) is 0 Å². The molecule has 0 saturated heterocycles. The van der Waals surface area contributed by atoms with Crippen LogP contribution in [0.2, 0.25) is 0 Å². The Morgan fingerprint density at radius 2 is 2.08 bits per heavy atom. The zero-order chi connectivity index (χ0) is 18.8. The lowest BCUT2D eigenvalue weighted by molar-refractivity contribution is -0.131. The molecule has 0 N–H and O–H groups in total. The molecule has 0 aliphatic rings. The molecular weight excluding hydrogens is 513 g/mol. The van der Waals surface area contributed by atoms with Gasteiger partial charge in [0.25, 0.3) is 5.56 Å². The number of esters is 1. The van der Waals surface area contributed by atoms with Gasteiger partial charge in [-0.2, -0.15) is 9.78 Å². The Balaban J connectivity index is 1.99. The predicted octanol–water partition coefficient (Wildman–Crippen LogP) is 3.88. The minimum Gasteiger partial charge on any atom is -0.426 e. The molecule has 0 unspecified atom stereocenters. The van der Waals surface area contributed by atoms with Gasteiger partial charge in [-0.25, -0.2) is 4.98 Å². The van der Waals surface area contributed by atoms with Crippen LogP contribution in [0.5, 0.6) is 5.75 Å². The summed E-state index contributed by atoms with van der Waals surface area (Å²) >= 11 is 5.44. The van der Waals surface area contributed by atoms with Crippen LogP contribution in [-0.2, 0) is 4.79 Å². The van der Waals surface area contributed by atoms with Crippen molar-refractivity contribution in [1.82, 2.24) is 9.66 Å². The first kappa shape index (κ1) is 18.7. The van der Waals surface area contributed by atoms with Crippen molar-refractivity contribution >= 4 is 61.6 Å². The van der Waals surface area contributed by atoms with Gasteiger partial charge >= 0.3 is 5.97 Å². The summed E-state index contributed by atoms with van der Waals surface area (Å²) in [5.74, 6) is 0.605. The lowest BCUT2D eigenvalue weighted by Crippen LogP contribution is -2.20. The molecule has 8 heteroatoms. The van der Waals surface area contributed by atoms with E-state index in [2.05, 4.69) is 48.6 Å². The number of nitrogens with zero attached hydrogens (tertiary/aromatic N) is 3. The van der Waals surface area contributed by atoms with Crippen LogP contribution in [0.25, 0.3) is 10.9 Å². The van der Waals surface area contributed by atoms with E-state index in [0.717, 1.165) is 13.6 Å². The molecule has 0 amide bonds. The number of benzene rings is 2. The third kappa shape index (κ3) is 4.01. The molecule has 0 fully saturated rings.